The van der Waals surface area contributed by atoms with Gasteiger partial charge in [0.1, 0.15) is 11.9 Å². The molecule has 1 aromatic heterocycles. The second kappa shape index (κ2) is 6.05. The van der Waals surface area contributed by atoms with Crippen molar-refractivity contribution in [1.29, 1.82) is 0 Å². The van der Waals surface area contributed by atoms with Gasteiger partial charge < -0.3 is 14.9 Å². The van der Waals surface area contributed by atoms with Crippen LogP contribution < -0.4 is 0 Å². The van der Waals surface area contributed by atoms with Gasteiger partial charge in [-0.25, -0.2) is 14.8 Å². The van der Waals surface area contributed by atoms with E-state index < -0.39 is 5.97 Å². The number of ether oxygens (including phenoxy) is 1. The zero-order valence-corrected chi connectivity index (χ0v) is 10.7. The number of aromatic carboxylic acids is 1. The summed E-state index contributed by atoms with van der Waals surface area (Å²) in [5, 5.41) is 18.2. The number of aliphatic hydroxyl groups excluding tert-OH is 1. The van der Waals surface area contributed by atoms with E-state index in [0.717, 1.165) is 0 Å². The number of carboxylic acid groups (broad SMARTS) is 1. The molecule has 19 heavy (non-hydrogen) atoms. The smallest absolute Gasteiger partial charge is 0.339 e. The maximum atomic E-state index is 11.1. The predicted molar refractivity (Wildman–Crippen MR) is 65.7 cm³/mol. The van der Waals surface area contributed by atoms with Crippen LogP contribution in [0.5, 0.6) is 0 Å². The highest BCUT2D eigenvalue weighted by Crippen LogP contribution is 2.16. The van der Waals surface area contributed by atoms with E-state index >= 15 is 0 Å². The van der Waals surface area contributed by atoms with Crippen LogP contribution in [0.4, 0.5) is 0 Å². The molecular weight excluding hydrogens is 250 g/mol. The van der Waals surface area contributed by atoms with Crippen molar-refractivity contribution < 1.29 is 19.7 Å². The minimum absolute atomic E-state index is 0.0429. The van der Waals surface area contributed by atoms with Crippen molar-refractivity contribution in [2.45, 2.75) is 25.6 Å². The van der Waals surface area contributed by atoms with E-state index in [1.807, 2.05) is 6.92 Å². The lowest BCUT2D eigenvalue weighted by Gasteiger charge is -2.37. The lowest BCUT2D eigenvalue weighted by atomic mass is 10.1. The van der Waals surface area contributed by atoms with Crippen LogP contribution in [0.25, 0.3) is 0 Å². The number of carbonyl (C=O) groups is 1. The van der Waals surface area contributed by atoms with Crippen molar-refractivity contribution in [3.63, 3.8) is 0 Å². The van der Waals surface area contributed by atoms with E-state index in [9.17, 15) is 4.79 Å². The number of hydrogen-bond donors (Lipinski definition) is 2. The van der Waals surface area contributed by atoms with Crippen molar-refractivity contribution in [2.75, 3.05) is 19.8 Å². The summed E-state index contributed by atoms with van der Waals surface area (Å²) >= 11 is 0. The molecule has 7 heteroatoms. The monoisotopic (exact) mass is 267 g/mol. The first-order valence-corrected chi connectivity index (χ1v) is 6.10. The first kappa shape index (κ1) is 13.9. The van der Waals surface area contributed by atoms with E-state index in [0.29, 0.717) is 25.4 Å². The third-order valence-electron chi connectivity index (χ3n) is 3.22. The molecule has 0 spiro atoms. The van der Waals surface area contributed by atoms with Gasteiger partial charge >= 0.3 is 5.97 Å². The molecule has 0 aliphatic carbocycles. The molecular formula is C12H17N3O4. The summed E-state index contributed by atoms with van der Waals surface area (Å²) in [6.07, 6.45) is 2.42. The number of rotatable bonds is 4. The van der Waals surface area contributed by atoms with Crippen molar-refractivity contribution in [3.05, 3.63) is 23.8 Å². The van der Waals surface area contributed by atoms with Gasteiger partial charge in [-0.15, -0.1) is 0 Å². The van der Waals surface area contributed by atoms with E-state index in [1.165, 1.54) is 12.5 Å². The Hall–Kier alpha value is -1.57. The number of hydrogen-bond acceptors (Lipinski definition) is 6. The Kier molecular flexibility index (Phi) is 4.41. The van der Waals surface area contributed by atoms with Crippen LogP contribution in [0.1, 0.15) is 23.0 Å². The molecule has 1 aromatic rings. The van der Waals surface area contributed by atoms with Crippen molar-refractivity contribution in [2.24, 2.45) is 0 Å². The maximum absolute atomic E-state index is 11.1. The van der Waals surface area contributed by atoms with Crippen LogP contribution in [0, 0.1) is 0 Å². The minimum atomic E-state index is -1.03. The number of aromatic nitrogens is 2. The van der Waals surface area contributed by atoms with E-state index in [2.05, 4.69) is 14.9 Å². The largest absolute Gasteiger partial charge is 0.478 e. The summed E-state index contributed by atoms with van der Waals surface area (Å²) in [6, 6.07) is 0.152. The summed E-state index contributed by atoms with van der Waals surface area (Å²) < 4.78 is 5.44. The summed E-state index contributed by atoms with van der Waals surface area (Å²) in [5.41, 5.74) is 0.592. The van der Waals surface area contributed by atoms with Crippen LogP contribution in [-0.2, 0) is 11.3 Å². The molecule has 0 bridgehead atoms. The number of morpholine rings is 1. The molecule has 0 amide bonds. The van der Waals surface area contributed by atoms with Gasteiger partial charge in [0.25, 0.3) is 0 Å². The fourth-order valence-electron chi connectivity index (χ4n) is 2.06. The van der Waals surface area contributed by atoms with Gasteiger partial charge in [0.05, 0.1) is 25.0 Å². The molecule has 7 nitrogen and oxygen atoms in total. The second-order valence-electron chi connectivity index (χ2n) is 4.60. The second-order valence-corrected chi connectivity index (χ2v) is 4.60. The average Bonchev–Trinajstić information content (AvgIpc) is 2.41. The van der Waals surface area contributed by atoms with Gasteiger partial charge in [-0.2, -0.15) is 0 Å². The van der Waals surface area contributed by atoms with Gasteiger partial charge in [0, 0.05) is 25.3 Å². The van der Waals surface area contributed by atoms with E-state index in [-0.39, 0.29) is 24.3 Å². The Bertz CT molecular complexity index is 454. The number of nitrogens with zero attached hydrogens (tertiary/aromatic N) is 3. The Labute approximate surface area is 110 Å². The molecule has 0 saturated carbocycles. The van der Waals surface area contributed by atoms with Crippen LogP contribution in [0.2, 0.25) is 0 Å². The average molecular weight is 267 g/mol. The van der Waals surface area contributed by atoms with Gasteiger partial charge in [-0.3, -0.25) is 4.90 Å². The fourth-order valence-corrected chi connectivity index (χ4v) is 2.06. The highest BCUT2D eigenvalue weighted by Gasteiger charge is 2.27. The molecule has 2 heterocycles. The van der Waals surface area contributed by atoms with Crippen LogP contribution in [0.3, 0.4) is 0 Å². The van der Waals surface area contributed by atoms with Gasteiger partial charge in [-0.1, -0.05) is 0 Å². The van der Waals surface area contributed by atoms with Crippen LogP contribution in [0.15, 0.2) is 12.5 Å². The molecule has 0 aromatic carbocycles. The zero-order valence-electron chi connectivity index (χ0n) is 10.7. The molecule has 2 N–H and O–H groups in total. The van der Waals surface area contributed by atoms with Crippen LogP contribution in [-0.4, -0.2) is 63.0 Å². The summed E-state index contributed by atoms with van der Waals surface area (Å²) in [5.74, 6) is -1.03. The van der Waals surface area contributed by atoms with Crippen molar-refractivity contribution >= 4 is 5.97 Å². The standard InChI is InChI=1S/C12H17N3O4/c1-8-6-19-9(5-16)3-15(8)4-11-10(12(17)18)2-13-7-14-11/h2,7-9,16H,3-6H2,1H3,(H,17,18). The predicted octanol–water partition coefficient (Wildman–Crippen LogP) is -0.244. The van der Waals surface area contributed by atoms with E-state index in [1.54, 1.807) is 0 Å². The highest BCUT2D eigenvalue weighted by atomic mass is 16.5. The minimum Gasteiger partial charge on any atom is -0.478 e. The summed E-state index contributed by atoms with van der Waals surface area (Å²) in [7, 11) is 0. The fraction of sp³-hybridized carbons (Fsp3) is 0.583. The molecule has 104 valence electrons. The first-order valence-electron chi connectivity index (χ1n) is 6.10. The lowest BCUT2D eigenvalue weighted by molar-refractivity contribution is -0.0809. The highest BCUT2D eigenvalue weighted by molar-refractivity contribution is 5.88. The Morgan fingerprint density at radius 2 is 2.42 bits per heavy atom. The van der Waals surface area contributed by atoms with Gasteiger partial charge in [-0.05, 0) is 6.92 Å². The Balaban J connectivity index is 2.13. The third-order valence-corrected chi connectivity index (χ3v) is 3.22. The molecule has 1 fully saturated rings. The molecule has 2 atom stereocenters. The Morgan fingerprint density at radius 3 is 3.11 bits per heavy atom. The maximum Gasteiger partial charge on any atom is 0.339 e. The molecule has 1 aliphatic heterocycles. The molecule has 0 radical (unpaired) electrons. The lowest BCUT2D eigenvalue weighted by Crippen LogP contribution is -2.49. The van der Waals surface area contributed by atoms with E-state index in [4.69, 9.17) is 14.9 Å². The summed E-state index contributed by atoms with van der Waals surface area (Å²) in [6.45, 7) is 3.43. The van der Waals surface area contributed by atoms with Gasteiger partial charge in [0.2, 0.25) is 0 Å². The Morgan fingerprint density at radius 1 is 1.63 bits per heavy atom. The molecule has 1 aliphatic rings. The topological polar surface area (TPSA) is 95.8 Å². The summed E-state index contributed by atoms with van der Waals surface area (Å²) in [4.78, 5) is 20.9. The zero-order chi connectivity index (χ0) is 13.8. The molecule has 1 saturated heterocycles. The SMILES string of the molecule is CC1COC(CO)CN1Cc1ncncc1C(=O)O. The number of carboxylic acids is 1. The molecule has 2 rings (SSSR count). The van der Waals surface area contributed by atoms with Crippen molar-refractivity contribution in [3.8, 4) is 0 Å². The normalized spacial score (nSPS) is 24.3. The number of aliphatic hydroxyl groups is 1. The first-order chi connectivity index (χ1) is 9.11. The van der Waals surface area contributed by atoms with Gasteiger partial charge in [0.15, 0.2) is 0 Å². The quantitative estimate of drug-likeness (QED) is 0.777. The third kappa shape index (κ3) is 3.25. The van der Waals surface area contributed by atoms with Crippen molar-refractivity contribution in [1.82, 2.24) is 14.9 Å². The molecule has 2 unspecified atom stereocenters. The van der Waals surface area contributed by atoms with Crippen LogP contribution >= 0.6 is 0 Å².